The van der Waals surface area contributed by atoms with Crippen molar-refractivity contribution in [3.8, 4) is 5.69 Å². The van der Waals surface area contributed by atoms with Crippen LogP contribution in [0.5, 0.6) is 0 Å². The van der Waals surface area contributed by atoms with Crippen LogP contribution in [-0.2, 0) is 12.8 Å². The zero-order valence-electron chi connectivity index (χ0n) is 17.7. The Labute approximate surface area is 187 Å². The number of aromatic nitrogens is 3. The third kappa shape index (κ3) is 3.34. The second-order valence-corrected chi connectivity index (χ2v) is 9.05. The van der Waals surface area contributed by atoms with Crippen molar-refractivity contribution < 1.29 is 4.92 Å². The first-order valence-corrected chi connectivity index (χ1v) is 11.3. The van der Waals surface area contributed by atoms with Crippen LogP contribution in [0.2, 0.25) is 0 Å². The first kappa shape index (κ1) is 20.3. The van der Waals surface area contributed by atoms with Gasteiger partial charge in [0.25, 0.3) is 11.2 Å². The Hall–Kier alpha value is -3.59. The van der Waals surface area contributed by atoms with Crippen molar-refractivity contribution >= 4 is 33.5 Å². The van der Waals surface area contributed by atoms with Gasteiger partial charge in [-0.15, -0.1) is 11.3 Å². The summed E-state index contributed by atoms with van der Waals surface area (Å²) in [7, 11) is 0. The number of hydrogen-bond donors (Lipinski definition) is 0. The van der Waals surface area contributed by atoms with Crippen molar-refractivity contribution in [2.45, 2.75) is 39.5 Å². The molecule has 0 bridgehead atoms. The van der Waals surface area contributed by atoms with Crippen LogP contribution in [0.3, 0.4) is 0 Å². The van der Waals surface area contributed by atoms with E-state index in [1.165, 1.54) is 28.0 Å². The second kappa shape index (κ2) is 7.83. The molecule has 0 aliphatic heterocycles. The van der Waals surface area contributed by atoms with Crippen molar-refractivity contribution in [3.63, 3.8) is 0 Å². The number of benzene rings is 1. The first-order chi connectivity index (χ1) is 15.4. The summed E-state index contributed by atoms with van der Waals surface area (Å²) in [6.07, 6.45) is 7.36. The van der Waals surface area contributed by atoms with Gasteiger partial charge in [0.05, 0.1) is 16.5 Å². The SMILES string of the molecule is Cc1cc(/C=N/n2cnc3sc4c(c3c2=O)CCCC4)c(C)n1-c1ccc([N+](=O)[O-])cc1. The molecule has 9 heteroatoms. The molecule has 1 aliphatic carbocycles. The summed E-state index contributed by atoms with van der Waals surface area (Å²) in [5, 5.41) is 16.1. The number of thiophene rings is 1. The average molecular weight is 448 g/mol. The van der Waals surface area contributed by atoms with Gasteiger partial charge in [0.1, 0.15) is 11.2 Å². The molecule has 0 atom stereocenters. The molecule has 5 rings (SSSR count). The summed E-state index contributed by atoms with van der Waals surface area (Å²) in [5.41, 5.74) is 4.65. The van der Waals surface area contributed by atoms with Crippen molar-refractivity contribution in [2.24, 2.45) is 5.10 Å². The van der Waals surface area contributed by atoms with Crippen molar-refractivity contribution in [2.75, 3.05) is 0 Å². The quantitative estimate of drug-likeness (QED) is 0.261. The highest BCUT2D eigenvalue weighted by Crippen LogP contribution is 2.33. The predicted molar refractivity (Wildman–Crippen MR) is 125 cm³/mol. The zero-order valence-corrected chi connectivity index (χ0v) is 18.6. The van der Waals surface area contributed by atoms with E-state index in [9.17, 15) is 14.9 Å². The van der Waals surface area contributed by atoms with E-state index in [2.05, 4.69) is 10.1 Å². The summed E-state index contributed by atoms with van der Waals surface area (Å²) < 4.78 is 3.31. The maximum Gasteiger partial charge on any atom is 0.282 e. The summed E-state index contributed by atoms with van der Waals surface area (Å²) in [5.74, 6) is 0. The van der Waals surface area contributed by atoms with Crippen molar-refractivity contribution in [3.05, 3.63) is 84.5 Å². The minimum absolute atomic E-state index is 0.0517. The Balaban J connectivity index is 1.51. The maximum atomic E-state index is 13.1. The van der Waals surface area contributed by atoms with Crippen LogP contribution in [0.1, 0.15) is 40.2 Å². The minimum Gasteiger partial charge on any atom is -0.318 e. The molecule has 32 heavy (non-hydrogen) atoms. The fraction of sp³-hybridized carbons (Fsp3) is 0.261. The molecule has 0 amide bonds. The molecule has 0 saturated carbocycles. The smallest absolute Gasteiger partial charge is 0.282 e. The van der Waals surface area contributed by atoms with Gasteiger partial charge in [0.15, 0.2) is 0 Å². The molecule has 0 fully saturated rings. The molecule has 4 aromatic rings. The van der Waals surface area contributed by atoms with E-state index in [1.807, 2.05) is 24.5 Å². The van der Waals surface area contributed by atoms with Crippen LogP contribution in [0, 0.1) is 24.0 Å². The highest BCUT2D eigenvalue weighted by Gasteiger charge is 2.20. The van der Waals surface area contributed by atoms with Gasteiger partial charge >= 0.3 is 0 Å². The minimum atomic E-state index is -0.412. The fourth-order valence-electron chi connectivity index (χ4n) is 4.38. The van der Waals surface area contributed by atoms with E-state index in [0.717, 1.165) is 58.7 Å². The summed E-state index contributed by atoms with van der Waals surface area (Å²) in [6.45, 7) is 3.92. The molecule has 162 valence electrons. The Morgan fingerprint density at radius 1 is 1.19 bits per heavy atom. The number of nitro benzene ring substituents is 1. The number of hydrogen-bond acceptors (Lipinski definition) is 6. The van der Waals surface area contributed by atoms with Gasteiger partial charge in [-0.2, -0.15) is 9.78 Å². The van der Waals surface area contributed by atoms with Gasteiger partial charge in [-0.3, -0.25) is 14.9 Å². The van der Waals surface area contributed by atoms with Crippen molar-refractivity contribution in [1.29, 1.82) is 0 Å². The standard InChI is InChI=1S/C23H21N5O3S/c1-14-11-16(15(2)27(14)17-7-9-18(10-8-17)28(30)31)12-25-26-13-24-22-21(23(26)29)19-5-3-4-6-20(19)32-22/h7-13H,3-6H2,1-2H3/b25-12+. The number of non-ortho nitro benzene ring substituents is 1. The molecule has 1 aromatic carbocycles. The maximum absolute atomic E-state index is 13.1. The van der Waals surface area contributed by atoms with E-state index in [-0.39, 0.29) is 11.2 Å². The first-order valence-electron chi connectivity index (χ1n) is 10.4. The third-order valence-corrected chi connectivity index (χ3v) is 7.17. The van der Waals surface area contributed by atoms with Crippen molar-refractivity contribution in [1.82, 2.24) is 14.2 Å². The number of fused-ring (bicyclic) bond motifs is 3. The van der Waals surface area contributed by atoms with Gasteiger partial charge in [-0.05, 0) is 63.3 Å². The van der Waals surface area contributed by atoms with Crippen LogP contribution in [0.25, 0.3) is 15.9 Å². The monoisotopic (exact) mass is 447 g/mol. The molecule has 1 aliphatic rings. The van der Waals surface area contributed by atoms with E-state index in [0.29, 0.717) is 5.39 Å². The van der Waals surface area contributed by atoms with E-state index >= 15 is 0 Å². The number of nitrogens with zero attached hydrogens (tertiary/aromatic N) is 5. The molecule has 0 radical (unpaired) electrons. The van der Waals surface area contributed by atoms with Gasteiger partial charge in [0.2, 0.25) is 0 Å². The van der Waals surface area contributed by atoms with Crippen LogP contribution in [0.4, 0.5) is 5.69 Å². The van der Waals surface area contributed by atoms with E-state index in [1.54, 1.807) is 29.7 Å². The molecule has 3 aromatic heterocycles. The van der Waals surface area contributed by atoms with Crippen LogP contribution in [-0.4, -0.2) is 25.4 Å². The Morgan fingerprint density at radius 3 is 2.69 bits per heavy atom. The average Bonchev–Trinajstić information content (AvgIpc) is 3.30. The Morgan fingerprint density at radius 2 is 1.94 bits per heavy atom. The predicted octanol–water partition coefficient (Wildman–Crippen LogP) is 4.53. The topological polar surface area (TPSA) is 95.3 Å². The molecular weight excluding hydrogens is 426 g/mol. The lowest BCUT2D eigenvalue weighted by atomic mass is 9.97. The molecular formula is C23H21N5O3S. The summed E-state index contributed by atoms with van der Waals surface area (Å²) in [4.78, 5) is 30.2. The molecule has 0 N–H and O–H groups in total. The van der Waals surface area contributed by atoms with E-state index in [4.69, 9.17) is 0 Å². The Bertz CT molecular complexity index is 1440. The van der Waals surface area contributed by atoms with Crippen LogP contribution in [0.15, 0.2) is 46.6 Å². The highest BCUT2D eigenvalue weighted by molar-refractivity contribution is 7.18. The Kier molecular flexibility index (Phi) is 4.97. The molecule has 0 saturated heterocycles. The molecule has 0 unspecified atom stereocenters. The molecule has 0 spiro atoms. The second-order valence-electron chi connectivity index (χ2n) is 7.97. The lowest BCUT2D eigenvalue weighted by molar-refractivity contribution is -0.384. The van der Waals surface area contributed by atoms with Crippen LogP contribution >= 0.6 is 11.3 Å². The van der Waals surface area contributed by atoms with Gasteiger partial charge in [-0.1, -0.05) is 0 Å². The fourth-order valence-corrected chi connectivity index (χ4v) is 5.60. The normalized spacial score (nSPS) is 13.7. The zero-order chi connectivity index (χ0) is 22.4. The number of rotatable bonds is 4. The third-order valence-electron chi connectivity index (χ3n) is 5.97. The largest absolute Gasteiger partial charge is 0.318 e. The van der Waals surface area contributed by atoms with Gasteiger partial charge in [-0.25, -0.2) is 4.98 Å². The summed E-state index contributed by atoms with van der Waals surface area (Å²) in [6, 6.07) is 8.40. The lowest BCUT2D eigenvalue weighted by Crippen LogP contribution is -2.18. The molecule has 8 nitrogen and oxygen atoms in total. The molecule has 3 heterocycles. The van der Waals surface area contributed by atoms with Crippen LogP contribution < -0.4 is 5.56 Å². The van der Waals surface area contributed by atoms with Gasteiger partial charge in [0, 0.05) is 39.6 Å². The number of aryl methyl sites for hydroxylation is 3. The number of nitro groups is 1. The lowest BCUT2D eigenvalue weighted by Gasteiger charge is -2.09. The van der Waals surface area contributed by atoms with Gasteiger partial charge < -0.3 is 4.57 Å². The summed E-state index contributed by atoms with van der Waals surface area (Å²) >= 11 is 1.62. The van der Waals surface area contributed by atoms with E-state index < -0.39 is 4.92 Å². The highest BCUT2D eigenvalue weighted by atomic mass is 32.1.